The van der Waals surface area contributed by atoms with Crippen molar-refractivity contribution in [3.63, 3.8) is 0 Å². The van der Waals surface area contributed by atoms with Gasteiger partial charge in [-0.05, 0) is 48.9 Å². The van der Waals surface area contributed by atoms with Crippen LogP contribution in [0.2, 0.25) is 0 Å². The molecule has 0 fully saturated rings. The van der Waals surface area contributed by atoms with E-state index in [0.717, 1.165) is 2.88 Å². The first-order chi connectivity index (χ1) is 6.94. The van der Waals surface area contributed by atoms with Crippen LogP contribution in [0, 0.1) is 2.88 Å². The Labute approximate surface area is 107 Å². The summed E-state index contributed by atoms with van der Waals surface area (Å²) >= 11 is 3.73. The van der Waals surface area contributed by atoms with Crippen LogP contribution in [0.3, 0.4) is 0 Å². The molecular weight excluding hydrogens is 325 g/mol. The van der Waals surface area contributed by atoms with Crippen LogP contribution in [0.1, 0.15) is 30.6 Å². The maximum absolute atomic E-state index is 11.8. The number of amides is 1. The van der Waals surface area contributed by atoms with Gasteiger partial charge in [0.25, 0.3) is 5.91 Å². The summed E-state index contributed by atoms with van der Waals surface area (Å²) < 4.78 is 1.10. The summed E-state index contributed by atoms with van der Waals surface area (Å²) in [4.78, 5) is 11.8. The lowest BCUT2D eigenvalue weighted by atomic mass is 10.0. The maximum Gasteiger partial charge on any atom is 0.252 e. The predicted octanol–water partition coefficient (Wildman–Crippen LogP) is 2.24. The summed E-state index contributed by atoms with van der Waals surface area (Å²) in [6, 6.07) is 1.86. The zero-order chi connectivity index (χ0) is 11.5. The van der Waals surface area contributed by atoms with Gasteiger partial charge in [0.05, 0.1) is 8.45 Å². The van der Waals surface area contributed by atoms with Crippen LogP contribution in [-0.4, -0.2) is 23.2 Å². The Bertz CT molecular complexity index is 349. The fourth-order valence-electron chi connectivity index (χ4n) is 1.15. The molecule has 0 aromatic carbocycles. The van der Waals surface area contributed by atoms with E-state index in [-0.39, 0.29) is 18.1 Å². The van der Waals surface area contributed by atoms with E-state index in [4.69, 9.17) is 5.11 Å². The third-order valence-electron chi connectivity index (χ3n) is 2.02. The highest BCUT2D eigenvalue weighted by molar-refractivity contribution is 14.1. The monoisotopic (exact) mass is 339 g/mol. The summed E-state index contributed by atoms with van der Waals surface area (Å²) in [5.74, 6) is -0.0763. The van der Waals surface area contributed by atoms with E-state index in [1.165, 1.54) is 0 Å². The van der Waals surface area contributed by atoms with Crippen LogP contribution < -0.4 is 5.32 Å². The number of rotatable bonds is 4. The van der Waals surface area contributed by atoms with E-state index in [9.17, 15) is 4.79 Å². The van der Waals surface area contributed by atoms with Crippen LogP contribution in [0.5, 0.6) is 0 Å². The van der Waals surface area contributed by atoms with Crippen molar-refractivity contribution in [3.8, 4) is 0 Å². The standard InChI is InChI=1S/C10H14INO2S/c1-10(2,3-4-13)12-9(14)7-5-8(11)15-6-7/h5-6,13H,3-4H2,1-2H3,(H,12,14). The fraction of sp³-hybridized carbons (Fsp3) is 0.500. The number of thiophene rings is 1. The van der Waals surface area contributed by atoms with Gasteiger partial charge in [0.2, 0.25) is 0 Å². The summed E-state index contributed by atoms with van der Waals surface area (Å²) in [6.45, 7) is 3.88. The minimum absolute atomic E-state index is 0.0763. The van der Waals surface area contributed by atoms with Crippen molar-refractivity contribution in [1.29, 1.82) is 0 Å². The number of hydrogen-bond acceptors (Lipinski definition) is 3. The highest BCUT2D eigenvalue weighted by Crippen LogP contribution is 2.17. The first-order valence-electron chi connectivity index (χ1n) is 4.62. The Morgan fingerprint density at radius 1 is 1.67 bits per heavy atom. The zero-order valence-corrected chi connectivity index (χ0v) is 11.7. The Morgan fingerprint density at radius 3 is 2.80 bits per heavy atom. The molecule has 2 N–H and O–H groups in total. The van der Waals surface area contributed by atoms with Crippen LogP contribution in [0.15, 0.2) is 11.4 Å². The van der Waals surface area contributed by atoms with Crippen LogP contribution in [0.4, 0.5) is 0 Å². The van der Waals surface area contributed by atoms with Gasteiger partial charge < -0.3 is 10.4 Å². The summed E-state index contributed by atoms with van der Waals surface area (Å²) in [6.07, 6.45) is 0.556. The fourth-order valence-corrected chi connectivity index (χ4v) is 2.48. The van der Waals surface area contributed by atoms with Crippen LogP contribution in [-0.2, 0) is 0 Å². The van der Waals surface area contributed by atoms with Crippen molar-refractivity contribution in [2.45, 2.75) is 25.8 Å². The van der Waals surface area contributed by atoms with E-state index in [0.29, 0.717) is 12.0 Å². The third kappa shape index (κ3) is 4.08. The normalized spacial score (nSPS) is 11.5. The first kappa shape index (κ1) is 12.9. The highest BCUT2D eigenvalue weighted by atomic mass is 127. The number of hydrogen-bond donors (Lipinski definition) is 2. The largest absolute Gasteiger partial charge is 0.396 e. The molecule has 5 heteroatoms. The minimum Gasteiger partial charge on any atom is -0.396 e. The van der Waals surface area contributed by atoms with Crippen molar-refractivity contribution in [1.82, 2.24) is 5.32 Å². The summed E-state index contributed by atoms with van der Waals surface area (Å²) in [5, 5.41) is 13.6. The lowest BCUT2D eigenvalue weighted by Gasteiger charge is -2.25. The predicted molar refractivity (Wildman–Crippen MR) is 70.3 cm³/mol. The maximum atomic E-state index is 11.8. The quantitative estimate of drug-likeness (QED) is 0.827. The number of nitrogens with one attached hydrogen (secondary N) is 1. The van der Waals surface area contributed by atoms with E-state index < -0.39 is 0 Å². The average molecular weight is 339 g/mol. The second-order valence-corrected chi connectivity index (χ2v) is 6.76. The number of aliphatic hydroxyl groups is 1. The third-order valence-corrected chi connectivity index (χ3v) is 3.81. The SMILES string of the molecule is CC(C)(CCO)NC(=O)c1csc(I)c1. The Morgan fingerprint density at radius 2 is 2.33 bits per heavy atom. The molecule has 0 aliphatic heterocycles. The molecule has 1 heterocycles. The molecule has 0 atom stereocenters. The number of carbonyl (C=O) groups excluding carboxylic acids is 1. The first-order valence-corrected chi connectivity index (χ1v) is 6.58. The second-order valence-electron chi connectivity index (χ2n) is 3.95. The number of aliphatic hydroxyl groups excluding tert-OH is 1. The van der Waals surface area contributed by atoms with E-state index >= 15 is 0 Å². The molecule has 0 spiro atoms. The number of halogens is 1. The van der Waals surface area contributed by atoms with Crippen molar-refractivity contribution in [2.75, 3.05) is 6.61 Å². The molecule has 1 aromatic heterocycles. The van der Waals surface area contributed by atoms with Gasteiger partial charge in [0, 0.05) is 17.5 Å². The van der Waals surface area contributed by atoms with Crippen molar-refractivity contribution in [2.24, 2.45) is 0 Å². The number of carbonyl (C=O) groups is 1. The second kappa shape index (κ2) is 5.27. The van der Waals surface area contributed by atoms with Crippen molar-refractivity contribution in [3.05, 3.63) is 19.9 Å². The highest BCUT2D eigenvalue weighted by Gasteiger charge is 2.20. The average Bonchev–Trinajstić information content (AvgIpc) is 2.50. The van der Waals surface area contributed by atoms with Gasteiger partial charge in [-0.1, -0.05) is 0 Å². The zero-order valence-electron chi connectivity index (χ0n) is 8.71. The van der Waals surface area contributed by atoms with E-state index in [1.807, 2.05) is 25.3 Å². The molecule has 0 radical (unpaired) electrons. The Hall–Kier alpha value is -0.140. The molecule has 0 unspecified atom stereocenters. The molecule has 84 valence electrons. The van der Waals surface area contributed by atoms with Gasteiger partial charge in [-0.15, -0.1) is 11.3 Å². The van der Waals surface area contributed by atoms with Crippen LogP contribution in [0.25, 0.3) is 0 Å². The molecule has 1 aromatic rings. The van der Waals surface area contributed by atoms with Gasteiger partial charge in [-0.3, -0.25) is 4.79 Å². The molecular formula is C10H14INO2S. The Balaban J connectivity index is 2.63. The molecule has 3 nitrogen and oxygen atoms in total. The van der Waals surface area contributed by atoms with Gasteiger partial charge in [0.1, 0.15) is 0 Å². The molecule has 0 bridgehead atoms. The topological polar surface area (TPSA) is 49.3 Å². The summed E-state index contributed by atoms with van der Waals surface area (Å²) in [7, 11) is 0. The summed E-state index contributed by atoms with van der Waals surface area (Å²) in [5.41, 5.74) is 0.328. The van der Waals surface area contributed by atoms with Crippen molar-refractivity contribution >= 4 is 39.8 Å². The van der Waals surface area contributed by atoms with Crippen molar-refractivity contribution < 1.29 is 9.90 Å². The van der Waals surface area contributed by atoms with E-state index in [2.05, 4.69) is 27.9 Å². The molecule has 0 aliphatic rings. The minimum atomic E-state index is -0.362. The van der Waals surface area contributed by atoms with Crippen LogP contribution >= 0.6 is 33.9 Å². The molecule has 0 saturated heterocycles. The molecule has 1 rings (SSSR count). The Kier molecular flexibility index (Phi) is 4.54. The lowest BCUT2D eigenvalue weighted by molar-refractivity contribution is 0.0900. The molecule has 0 aliphatic carbocycles. The van der Waals surface area contributed by atoms with Gasteiger partial charge >= 0.3 is 0 Å². The molecule has 0 saturated carbocycles. The molecule has 1 amide bonds. The lowest BCUT2D eigenvalue weighted by Crippen LogP contribution is -2.43. The van der Waals surface area contributed by atoms with Gasteiger partial charge in [0.15, 0.2) is 0 Å². The molecule has 15 heavy (non-hydrogen) atoms. The van der Waals surface area contributed by atoms with E-state index in [1.54, 1.807) is 11.3 Å². The smallest absolute Gasteiger partial charge is 0.252 e. The van der Waals surface area contributed by atoms with Gasteiger partial charge in [-0.2, -0.15) is 0 Å². The van der Waals surface area contributed by atoms with Gasteiger partial charge in [-0.25, -0.2) is 0 Å².